The highest BCUT2D eigenvalue weighted by Gasteiger charge is 2.09. The number of nitrogens with zero attached hydrogens (tertiary/aromatic N) is 4. The summed E-state index contributed by atoms with van der Waals surface area (Å²) in [6.07, 6.45) is 1.07. The highest BCUT2D eigenvalue weighted by atomic mass is 35.7. The second-order valence-corrected chi connectivity index (χ2v) is 11.2. The summed E-state index contributed by atoms with van der Waals surface area (Å²) in [4.78, 5) is 24.4. The molecule has 0 aliphatic rings. The largest absolute Gasteiger partial charge is 0.395 e. The molecule has 1 N–H and O–H groups in total. The third-order valence-corrected chi connectivity index (χ3v) is 7.15. The molecule has 0 heterocycles. The Morgan fingerprint density at radius 3 is 1.41 bits per heavy atom. The third kappa shape index (κ3) is 12.5. The Morgan fingerprint density at radius 2 is 1.12 bits per heavy atom. The van der Waals surface area contributed by atoms with Gasteiger partial charge in [0.2, 0.25) is 0 Å². The number of likely N-dealkylation sites (N-methyl/N-ethyl adjacent to an activating group) is 1. The van der Waals surface area contributed by atoms with Crippen molar-refractivity contribution in [1.29, 1.82) is 0 Å². The molecule has 41 heavy (non-hydrogen) atoms. The molecule has 3 aromatic rings. The van der Waals surface area contributed by atoms with Crippen LogP contribution in [0.25, 0.3) is 0 Å². The smallest absolute Gasteiger partial charge is 0.269 e. The van der Waals surface area contributed by atoms with Gasteiger partial charge in [-0.15, -0.1) is 0 Å². The minimum Gasteiger partial charge on any atom is -0.395 e. The number of halogens is 1. The van der Waals surface area contributed by atoms with Crippen LogP contribution in [0.2, 0.25) is 0 Å². The van der Waals surface area contributed by atoms with Gasteiger partial charge in [-0.25, -0.2) is 8.42 Å². The zero-order valence-corrected chi connectivity index (χ0v) is 25.2. The molecule has 0 saturated heterocycles. The van der Waals surface area contributed by atoms with Crippen molar-refractivity contribution in [2.75, 3.05) is 42.6 Å². The van der Waals surface area contributed by atoms with E-state index < -0.39 is 14.0 Å². The van der Waals surface area contributed by atoms with Crippen LogP contribution in [0, 0.1) is 27.2 Å². The van der Waals surface area contributed by atoms with Crippen LogP contribution in [0.3, 0.4) is 0 Å². The van der Waals surface area contributed by atoms with Gasteiger partial charge in [0.05, 0.1) is 21.3 Å². The lowest BCUT2D eigenvalue weighted by Crippen LogP contribution is -2.25. The van der Waals surface area contributed by atoms with Gasteiger partial charge < -0.3 is 14.9 Å². The maximum atomic E-state index is 10.7. The molecule has 11 nitrogen and oxygen atoms in total. The third-order valence-electron chi connectivity index (χ3n) is 5.78. The van der Waals surface area contributed by atoms with Crippen LogP contribution in [0.1, 0.15) is 32.8 Å². The molecule has 0 bridgehead atoms. The van der Waals surface area contributed by atoms with Gasteiger partial charge in [0.25, 0.3) is 20.4 Å². The number of aryl methyl sites for hydroxylation is 1. The van der Waals surface area contributed by atoms with Crippen molar-refractivity contribution in [2.24, 2.45) is 0 Å². The minimum absolute atomic E-state index is 0.0742. The zero-order chi connectivity index (χ0) is 31.0. The average molecular weight is 609 g/mol. The maximum Gasteiger partial charge on any atom is 0.269 e. The normalized spacial score (nSPS) is 10.4. The molecule has 0 atom stereocenters. The number of aliphatic hydroxyl groups is 1. The van der Waals surface area contributed by atoms with Crippen molar-refractivity contribution in [1.82, 2.24) is 0 Å². The van der Waals surface area contributed by atoms with E-state index in [0.29, 0.717) is 6.54 Å². The van der Waals surface area contributed by atoms with Crippen LogP contribution in [-0.4, -0.2) is 56.2 Å². The SMILES string of the molecule is CCCN(CC)c1ccc([N+](=O)[O-])cc1.CCN(CCO)c1ccc([N+](=O)[O-])cc1.Cc1ccc(S(=O)(=O)Cl)cc1. The maximum absolute atomic E-state index is 10.7. The lowest BCUT2D eigenvalue weighted by atomic mass is 10.2. The second kappa shape index (κ2) is 17.8. The fraction of sp³-hybridized carbons (Fsp3) is 0.357. The number of hydrogen-bond acceptors (Lipinski definition) is 9. The molecule has 0 radical (unpaired) electrons. The number of rotatable bonds is 11. The van der Waals surface area contributed by atoms with Crippen LogP contribution in [0.4, 0.5) is 22.7 Å². The van der Waals surface area contributed by atoms with Gasteiger partial charge >= 0.3 is 0 Å². The molecular weight excluding hydrogens is 572 g/mol. The topological polar surface area (TPSA) is 147 Å². The number of aliphatic hydroxyl groups excluding tert-OH is 1. The van der Waals surface area contributed by atoms with E-state index in [1.54, 1.807) is 48.5 Å². The highest BCUT2D eigenvalue weighted by molar-refractivity contribution is 8.13. The number of hydrogen-bond donors (Lipinski definition) is 1. The van der Waals surface area contributed by atoms with Crippen molar-refractivity contribution in [3.8, 4) is 0 Å². The Hall–Kier alpha value is -3.74. The van der Waals surface area contributed by atoms with E-state index >= 15 is 0 Å². The van der Waals surface area contributed by atoms with E-state index in [1.165, 1.54) is 24.3 Å². The summed E-state index contributed by atoms with van der Waals surface area (Å²) in [6, 6.07) is 19.4. The lowest BCUT2D eigenvalue weighted by molar-refractivity contribution is -0.385. The average Bonchev–Trinajstić information content (AvgIpc) is 2.95. The Kier molecular flexibility index (Phi) is 15.4. The number of nitro benzene ring substituents is 2. The Morgan fingerprint density at radius 1 is 0.732 bits per heavy atom. The van der Waals surface area contributed by atoms with Gasteiger partial charge in [0.15, 0.2) is 0 Å². The van der Waals surface area contributed by atoms with Gasteiger partial charge in [-0.05, 0) is 63.6 Å². The quantitative estimate of drug-likeness (QED) is 0.153. The lowest BCUT2D eigenvalue weighted by Gasteiger charge is -2.21. The first-order valence-electron chi connectivity index (χ1n) is 13.0. The molecule has 0 aliphatic heterocycles. The number of non-ortho nitro benzene ring substituents is 2. The minimum atomic E-state index is -3.55. The summed E-state index contributed by atoms with van der Waals surface area (Å²) in [5.41, 5.74) is 3.17. The van der Waals surface area contributed by atoms with E-state index in [0.717, 1.165) is 43.0 Å². The molecule has 224 valence electrons. The van der Waals surface area contributed by atoms with Crippen molar-refractivity contribution in [3.63, 3.8) is 0 Å². The van der Waals surface area contributed by atoms with Crippen molar-refractivity contribution in [3.05, 3.63) is 98.6 Å². The van der Waals surface area contributed by atoms with E-state index in [1.807, 2.05) is 18.7 Å². The second-order valence-electron chi connectivity index (χ2n) is 8.68. The predicted molar refractivity (Wildman–Crippen MR) is 164 cm³/mol. The Bertz CT molecular complexity index is 1250. The monoisotopic (exact) mass is 608 g/mol. The summed E-state index contributed by atoms with van der Waals surface area (Å²) in [7, 11) is 1.54. The molecule has 0 spiro atoms. The Balaban J connectivity index is 0.000000312. The van der Waals surface area contributed by atoms with Crippen molar-refractivity contribution in [2.45, 2.75) is 39.0 Å². The molecule has 0 unspecified atom stereocenters. The van der Waals surface area contributed by atoms with E-state index in [9.17, 15) is 28.6 Å². The number of nitro groups is 2. The van der Waals surface area contributed by atoms with Gasteiger partial charge in [-0.1, -0.05) is 24.6 Å². The van der Waals surface area contributed by atoms with Crippen LogP contribution < -0.4 is 9.80 Å². The summed E-state index contributed by atoms with van der Waals surface area (Å²) in [5.74, 6) is 0. The fourth-order valence-electron chi connectivity index (χ4n) is 3.60. The highest BCUT2D eigenvalue weighted by Crippen LogP contribution is 2.20. The van der Waals surface area contributed by atoms with Gasteiger partial charge in [-0.2, -0.15) is 0 Å². The Labute approximate surface area is 245 Å². The van der Waals surface area contributed by atoms with E-state index in [2.05, 4.69) is 18.7 Å². The molecule has 13 heteroatoms. The molecule has 0 fully saturated rings. The fourth-order valence-corrected chi connectivity index (χ4v) is 4.37. The van der Waals surface area contributed by atoms with Crippen LogP contribution in [0.5, 0.6) is 0 Å². The standard InChI is InChI=1S/C11H16N2O2.C10H14N2O3.C7H7ClO2S/c1-3-9-12(4-2)10-5-7-11(8-6-10)13(14)15;1-2-11(7-8-13)9-3-5-10(6-4-9)12(14)15;1-6-2-4-7(5-3-6)11(8,9)10/h5-8H,3-4,9H2,1-2H3;3-6,13H,2,7-8H2,1H3;2-5H,1H3. The van der Waals surface area contributed by atoms with Crippen molar-refractivity contribution < 1.29 is 23.4 Å². The first kappa shape index (κ1) is 35.3. The van der Waals surface area contributed by atoms with Gasteiger partial charge in [-0.3, -0.25) is 20.2 Å². The number of anilines is 2. The van der Waals surface area contributed by atoms with E-state index in [-0.39, 0.29) is 27.8 Å². The molecular formula is C28H37ClN4O7S. The van der Waals surface area contributed by atoms with Crippen LogP contribution in [-0.2, 0) is 9.05 Å². The van der Waals surface area contributed by atoms with Crippen LogP contribution in [0.15, 0.2) is 77.7 Å². The first-order valence-corrected chi connectivity index (χ1v) is 15.3. The molecule has 0 amide bonds. The summed E-state index contributed by atoms with van der Waals surface area (Å²) >= 11 is 0. The predicted octanol–water partition coefficient (Wildman–Crippen LogP) is 6.17. The van der Waals surface area contributed by atoms with E-state index in [4.69, 9.17) is 15.8 Å². The molecule has 3 aromatic carbocycles. The summed E-state index contributed by atoms with van der Waals surface area (Å²) < 4.78 is 21.4. The van der Waals surface area contributed by atoms with Gasteiger partial charge in [0, 0.05) is 72.5 Å². The molecule has 0 aromatic heterocycles. The first-order chi connectivity index (χ1) is 19.4. The van der Waals surface area contributed by atoms with Gasteiger partial charge in [0.1, 0.15) is 0 Å². The molecule has 3 rings (SSSR count). The zero-order valence-electron chi connectivity index (χ0n) is 23.6. The summed E-state index contributed by atoms with van der Waals surface area (Å²) in [6.45, 7) is 11.3. The molecule has 0 aliphatic carbocycles. The summed E-state index contributed by atoms with van der Waals surface area (Å²) in [5, 5.41) is 29.7. The van der Waals surface area contributed by atoms with Crippen LogP contribution >= 0.6 is 10.7 Å². The number of benzene rings is 3. The molecule has 0 saturated carbocycles. The van der Waals surface area contributed by atoms with Crippen molar-refractivity contribution >= 4 is 42.5 Å².